The predicted molar refractivity (Wildman–Crippen MR) is 96.0 cm³/mol. The van der Waals surface area contributed by atoms with Crippen molar-refractivity contribution in [3.63, 3.8) is 0 Å². The maximum absolute atomic E-state index is 6.08. The Bertz CT molecular complexity index is 1100. The molecule has 4 aromatic rings. The summed E-state index contributed by atoms with van der Waals surface area (Å²) < 4.78 is 6.08. The van der Waals surface area contributed by atoms with Crippen LogP contribution in [0.3, 0.4) is 0 Å². The Labute approximate surface area is 135 Å². The fourth-order valence-corrected chi connectivity index (χ4v) is 4.16. The third-order valence-electron chi connectivity index (χ3n) is 5.33. The average molecular weight is 298 g/mol. The van der Waals surface area contributed by atoms with Crippen LogP contribution in [0, 0.1) is 6.92 Å². The normalized spacial score (nSPS) is 15.1. The van der Waals surface area contributed by atoms with Gasteiger partial charge in [-0.1, -0.05) is 61.9 Å². The van der Waals surface area contributed by atoms with Crippen LogP contribution in [0.1, 0.15) is 30.5 Å². The minimum absolute atomic E-state index is 0.0310. The molecule has 0 bridgehead atoms. The lowest BCUT2D eigenvalue weighted by Crippen LogP contribution is -2.14. The summed E-state index contributed by atoms with van der Waals surface area (Å²) in [6.45, 7) is 6.82. The molecule has 0 unspecified atom stereocenters. The zero-order valence-corrected chi connectivity index (χ0v) is 13.6. The summed E-state index contributed by atoms with van der Waals surface area (Å²) in [5.41, 5.74) is 8.83. The van der Waals surface area contributed by atoms with Crippen LogP contribution in [-0.4, -0.2) is 0 Å². The number of benzene rings is 3. The summed E-state index contributed by atoms with van der Waals surface area (Å²) >= 11 is 0. The molecule has 0 amide bonds. The van der Waals surface area contributed by atoms with Crippen molar-refractivity contribution in [1.29, 1.82) is 0 Å². The van der Waals surface area contributed by atoms with E-state index in [-0.39, 0.29) is 5.41 Å². The van der Waals surface area contributed by atoms with Crippen molar-refractivity contribution >= 4 is 21.9 Å². The molecule has 23 heavy (non-hydrogen) atoms. The van der Waals surface area contributed by atoms with Crippen molar-refractivity contribution in [3.8, 4) is 11.1 Å². The first kappa shape index (κ1) is 13.0. The van der Waals surface area contributed by atoms with E-state index < -0.39 is 0 Å². The highest BCUT2D eigenvalue weighted by Crippen LogP contribution is 2.52. The van der Waals surface area contributed by atoms with E-state index in [2.05, 4.69) is 69.3 Å². The molecule has 0 N–H and O–H groups in total. The van der Waals surface area contributed by atoms with Crippen LogP contribution in [0.5, 0.6) is 0 Å². The number of rotatable bonds is 0. The minimum Gasteiger partial charge on any atom is -0.456 e. The maximum Gasteiger partial charge on any atom is 0.136 e. The molecule has 0 aliphatic heterocycles. The Morgan fingerprint density at radius 1 is 0.826 bits per heavy atom. The second-order valence-electron chi connectivity index (χ2n) is 7.13. The van der Waals surface area contributed by atoms with Gasteiger partial charge in [0, 0.05) is 16.2 Å². The van der Waals surface area contributed by atoms with Gasteiger partial charge in [-0.2, -0.15) is 0 Å². The number of hydrogen-bond donors (Lipinski definition) is 0. The van der Waals surface area contributed by atoms with Gasteiger partial charge >= 0.3 is 0 Å². The lowest BCUT2D eigenvalue weighted by Gasteiger charge is -2.21. The molecule has 1 aromatic heterocycles. The summed E-state index contributed by atoms with van der Waals surface area (Å²) in [5.74, 6) is 0. The lowest BCUT2D eigenvalue weighted by molar-refractivity contribution is 0.656. The molecule has 0 atom stereocenters. The van der Waals surface area contributed by atoms with Crippen LogP contribution >= 0.6 is 0 Å². The predicted octanol–water partition coefficient (Wildman–Crippen LogP) is 6.20. The molecule has 1 aliphatic rings. The zero-order valence-electron chi connectivity index (χ0n) is 13.6. The van der Waals surface area contributed by atoms with E-state index in [9.17, 15) is 0 Å². The van der Waals surface area contributed by atoms with Gasteiger partial charge in [0.25, 0.3) is 0 Å². The van der Waals surface area contributed by atoms with Crippen molar-refractivity contribution in [2.24, 2.45) is 0 Å². The average Bonchev–Trinajstić information content (AvgIpc) is 3.01. The van der Waals surface area contributed by atoms with Crippen molar-refractivity contribution in [3.05, 3.63) is 71.3 Å². The Kier molecular flexibility index (Phi) is 2.28. The molecule has 1 aliphatic carbocycles. The number of aryl methyl sites for hydroxylation is 1. The molecule has 112 valence electrons. The zero-order chi connectivity index (χ0) is 15.8. The third kappa shape index (κ3) is 1.52. The van der Waals surface area contributed by atoms with Crippen LogP contribution < -0.4 is 0 Å². The molecular formula is C22H18O. The Balaban J connectivity index is 2.03. The van der Waals surface area contributed by atoms with Crippen LogP contribution in [-0.2, 0) is 5.41 Å². The van der Waals surface area contributed by atoms with Crippen LogP contribution in [0.15, 0.2) is 59.0 Å². The summed E-state index contributed by atoms with van der Waals surface area (Å²) in [6.07, 6.45) is 0. The van der Waals surface area contributed by atoms with Gasteiger partial charge in [0.1, 0.15) is 11.2 Å². The SMILES string of the molecule is Cc1ccc2c(c1)C(C)(C)c1ccc3oc4ccccc4c3c1-2. The summed E-state index contributed by atoms with van der Waals surface area (Å²) in [5, 5.41) is 2.47. The first-order valence-electron chi connectivity index (χ1n) is 8.13. The Morgan fingerprint density at radius 2 is 1.65 bits per heavy atom. The van der Waals surface area contributed by atoms with Crippen LogP contribution in [0.2, 0.25) is 0 Å². The van der Waals surface area contributed by atoms with E-state index in [1.807, 2.05) is 6.07 Å². The number of hydrogen-bond acceptors (Lipinski definition) is 1. The molecule has 0 saturated carbocycles. The number of furan rings is 1. The quantitative estimate of drug-likeness (QED) is 0.376. The van der Waals surface area contributed by atoms with E-state index in [0.717, 1.165) is 11.2 Å². The Morgan fingerprint density at radius 3 is 2.52 bits per heavy atom. The van der Waals surface area contributed by atoms with Gasteiger partial charge in [-0.25, -0.2) is 0 Å². The van der Waals surface area contributed by atoms with E-state index >= 15 is 0 Å². The number of para-hydroxylation sites is 1. The molecule has 0 radical (unpaired) electrons. The largest absolute Gasteiger partial charge is 0.456 e. The van der Waals surface area contributed by atoms with Crippen molar-refractivity contribution in [2.45, 2.75) is 26.2 Å². The molecule has 1 heteroatoms. The fourth-order valence-electron chi connectivity index (χ4n) is 4.16. The minimum atomic E-state index is 0.0310. The summed E-state index contributed by atoms with van der Waals surface area (Å²) in [6, 6.07) is 19.6. The van der Waals surface area contributed by atoms with Crippen molar-refractivity contribution < 1.29 is 4.42 Å². The summed E-state index contributed by atoms with van der Waals surface area (Å²) in [7, 11) is 0. The standard InChI is InChI=1S/C22H18O/c1-13-8-9-14-17(12-13)22(2,3)16-10-11-19-21(20(14)16)15-6-4-5-7-18(15)23-19/h4-12H,1-3H3. The third-order valence-corrected chi connectivity index (χ3v) is 5.33. The highest BCUT2D eigenvalue weighted by atomic mass is 16.3. The van der Waals surface area contributed by atoms with Gasteiger partial charge in [-0.3, -0.25) is 0 Å². The van der Waals surface area contributed by atoms with E-state index in [1.165, 1.54) is 38.6 Å². The van der Waals surface area contributed by atoms with Gasteiger partial charge in [-0.15, -0.1) is 0 Å². The highest BCUT2D eigenvalue weighted by molar-refractivity contribution is 6.14. The monoisotopic (exact) mass is 298 g/mol. The molecule has 0 fully saturated rings. The van der Waals surface area contributed by atoms with Crippen LogP contribution in [0.25, 0.3) is 33.1 Å². The second-order valence-corrected chi connectivity index (χ2v) is 7.13. The van der Waals surface area contributed by atoms with Crippen LogP contribution in [0.4, 0.5) is 0 Å². The first-order chi connectivity index (χ1) is 11.1. The van der Waals surface area contributed by atoms with Crippen molar-refractivity contribution in [1.82, 2.24) is 0 Å². The fraction of sp³-hybridized carbons (Fsp3) is 0.182. The summed E-state index contributed by atoms with van der Waals surface area (Å²) in [4.78, 5) is 0. The highest BCUT2D eigenvalue weighted by Gasteiger charge is 2.37. The lowest BCUT2D eigenvalue weighted by atomic mass is 9.82. The Hall–Kier alpha value is -2.54. The molecule has 0 saturated heterocycles. The first-order valence-corrected chi connectivity index (χ1v) is 8.13. The van der Waals surface area contributed by atoms with E-state index in [1.54, 1.807) is 0 Å². The van der Waals surface area contributed by atoms with Gasteiger partial charge in [0.05, 0.1) is 0 Å². The van der Waals surface area contributed by atoms with Gasteiger partial charge in [-0.05, 0) is 41.3 Å². The maximum atomic E-state index is 6.08. The van der Waals surface area contributed by atoms with E-state index in [4.69, 9.17) is 4.42 Å². The van der Waals surface area contributed by atoms with E-state index in [0.29, 0.717) is 0 Å². The van der Waals surface area contributed by atoms with Gasteiger partial charge in [0.2, 0.25) is 0 Å². The molecule has 0 spiro atoms. The second kappa shape index (κ2) is 4.05. The molecular weight excluding hydrogens is 280 g/mol. The molecule has 5 rings (SSSR count). The topological polar surface area (TPSA) is 13.1 Å². The molecule has 3 aromatic carbocycles. The van der Waals surface area contributed by atoms with Gasteiger partial charge in [0.15, 0.2) is 0 Å². The number of fused-ring (bicyclic) bond motifs is 7. The molecule has 1 nitrogen and oxygen atoms in total. The molecule has 1 heterocycles. The smallest absolute Gasteiger partial charge is 0.136 e. The van der Waals surface area contributed by atoms with Crippen molar-refractivity contribution in [2.75, 3.05) is 0 Å². The van der Waals surface area contributed by atoms with Gasteiger partial charge < -0.3 is 4.42 Å².